The summed E-state index contributed by atoms with van der Waals surface area (Å²) in [6, 6.07) is 7.65. The van der Waals surface area contributed by atoms with Crippen molar-refractivity contribution in [2.45, 2.75) is 52.7 Å². The number of benzene rings is 1. The summed E-state index contributed by atoms with van der Waals surface area (Å²) in [6.45, 7) is 9.95. The minimum absolute atomic E-state index is 0.0256. The van der Waals surface area contributed by atoms with E-state index in [1.807, 2.05) is 39.0 Å². The first-order valence-electron chi connectivity index (χ1n) is 7.41. The summed E-state index contributed by atoms with van der Waals surface area (Å²) < 4.78 is 0. The average Bonchev–Trinajstić information content (AvgIpc) is 2.34. The molecule has 114 valence electrons. The maximum Gasteiger partial charge on any atom is 0.248 e. The van der Waals surface area contributed by atoms with Crippen molar-refractivity contribution >= 4 is 11.8 Å². The Morgan fingerprint density at radius 1 is 1.29 bits per heavy atom. The third-order valence-electron chi connectivity index (χ3n) is 3.90. The monoisotopic (exact) mass is 288 g/mol. The molecule has 0 aliphatic carbocycles. The predicted molar refractivity (Wildman–Crippen MR) is 82.6 cm³/mol. The summed E-state index contributed by atoms with van der Waals surface area (Å²) in [4.78, 5) is 26.8. The molecule has 1 aromatic rings. The van der Waals surface area contributed by atoms with Gasteiger partial charge in [0, 0.05) is 6.54 Å². The molecule has 0 radical (unpaired) electrons. The summed E-state index contributed by atoms with van der Waals surface area (Å²) in [6.07, 6.45) is 0. The van der Waals surface area contributed by atoms with Crippen LogP contribution < -0.4 is 5.32 Å². The van der Waals surface area contributed by atoms with Crippen molar-refractivity contribution in [1.82, 2.24) is 10.2 Å². The van der Waals surface area contributed by atoms with E-state index in [-0.39, 0.29) is 17.7 Å². The average molecular weight is 288 g/mol. The zero-order valence-corrected chi connectivity index (χ0v) is 13.4. The topological polar surface area (TPSA) is 49.4 Å². The SMILES string of the molecule is Cc1cccc(CN2C(=O)C(C)(C)NC(=O)C2C(C)C)c1. The maximum absolute atomic E-state index is 12.7. The highest BCUT2D eigenvalue weighted by molar-refractivity contribution is 5.99. The van der Waals surface area contributed by atoms with Crippen molar-refractivity contribution in [2.24, 2.45) is 5.92 Å². The highest BCUT2D eigenvalue weighted by atomic mass is 16.2. The summed E-state index contributed by atoms with van der Waals surface area (Å²) in [5.41, 5.74) is 1.37. The standard InChI is InChI=1S/C17H24N2O2/c1-11(2)14-15(20)18-17(4,5)16(21)19(14)10-13-8-6-7-12(3)9-13/h6-9,11,14H,10H2,1-5H3,(H,18,20). The molecule has 0 spiro atoms. The van der Waals surface area contributed by atoms with Gasteiger partial charge in [0.1, 0.15) is 11.6 Å². The van der Waals surface area contributed by atoms with E-state index >= 15 is 0 Å². The number of nitrogens with one attached hydrogen (secondary N) is 1. The van der Waals surface area contributed by atoms with Crippen LogP contribution in [0.4, 0.5) is 0 Å². The molecule has 1 aliphatic heterocycles. The molecular weight excluding hydrogens is 264 g/mol. The highest BCUT2D eigenvalue weighted by Crippen LogP contribution is 2.24. The molecule has 0 saturated carbocycles. The van der Waals surface area contributed by atoms with Gasteiger partial charge in [-0.1, -0.05) is 43.7 Å². The molecule has 1 fully saturated rings. The number of hydrogen-bond donors (Lipinski definition) is 1. The van der Waals surface area contributed by atoms with E-state index in [2.05, 4.69) is 11.4 Å². The number of piperazine rings is 1. The van der Waals surface area contributed by atoms with Gasteiger partial charge in [-0.25, -0.2) is 0 Å². The third-order valence-corrected chi connectivity index (χ3v) is 3.90. The normalized spacial score (nSPS) is 21.6. The van der Waals surface area contributed by atoms with Crippen LogP contribution >= 0.6 is 0 Å². The first-order chi connectivity index (χ1) is 9.72. The van der Waals surface area contributed by atoms with Crippen molar-refractivity contribution < 1.29 is 9.59 Å². The second-order valence-corrected chi connectivity index (χ2v) is 6.73. The molecule has 21 heavy (non-hydrogen) atoms. The number of amides is 2. The zero-order chi connectivity index (χ0) is 15.8. The highest BCUT2D eigenvalue weighted by Gasteiger charge is 2.46. The predicted octanol–water partition coefficient (Wildman–Crippen LogP) is 2.26. The number of nitrogens with zero attached hydrogens (tertiary/aromatic N) is 1. The molecule has 1 N–H and O–H groups in total. The Labute approximate surface area is 126 Å². The van der Waals surface area contributed by atoms with Gasteiger partial charge >= 0.3 is 0 Å². The molecule has 2 rings (SSSR count). The van der Waals surface area contributed by atoms with Gasteiger partial charge < -0.3 is 10.2 Å². The second-order valence-electron chi connectivity index (χ2n) is 6.73. The van der Waals surface area contributed by atoms with Crippen LogP contribution in [0.5, 0.6) is 0 Å². The quantitative estimate of drug-likeness (QED) is 0.927. The lowest BCUT2D eigenvalue weighted by Gasteiger charge is -2.44. The molecule has 1 atom stereocenters. The van der Waals surface area contributed by atoms with Gasteiger partial charge in [0.05, 0.1) is 0 Å². The molecule has 1 aliphatic rings. The number of carbonyl (C=O) groups is 2. The number of hydrogen-bond acceptors (Lipinski definition) is 2. The summed E-state index contributed by atoms with van der Waals surface area (Å²) >= 11 is 0. The fourth-order valence-corrected chi connectivity index (χ4v) is 2.90. The van der Waals surface area contributed by atoms with Gasteiger partial charge in [-0.2, -0.15) is 0 Å². The molecule has 0 bridgehead atoms. The van der Waals surface area contributed by atoms with Crippen LogP contribution in [0.15, 0.2) is 24.3 Å². The maximum atomic E-state index is 12.7. The van der Waals surface area contributed by atoms with Crippen LogP contribution in [0.2, 0.25) is 0 Å². The van der Waals surface area contributed by atoms with E-state index in [4.69, 9.17) is 0 Å². The summed E-state index contributed by atoms with van der Waals surface area (Å²) in [7, 11) is 0. The van der Waals surface area contributed by atoms with Gasteiger partial charge in [-0.3, -0.25) is 9.59 Å². The molecule has 1 heterocycles. The Kier molecular flexibility index (Phi) is 4.08. The first-order valence-corrected chi connectivity index (χ1v) is 7.41. The largest absolute Gasteiger partial charge is 0.340 e. The van der Waals surface area contributed by atoms with Crippen LogP contribution in [-0.2, 0) is 16.1 Å². The van der Waals surface area contributed by atoms with Crippen LogP contribution in [0.25, 0.3) is 0 Å². The number of aryl methyl sites for hydroxylation is 1. The smallest absolute Gasteiger partial charge is 0.248 e. The lowest BCUT2D eigenvalue weighted by atomic mass is 9.91. The van der Waals surface area contributed by atoms with Crippen molar-refractivity contribution in [3.63, 3.8) is 0 Å². The van der Waals surface area contributed by atoms with Gasteiger partial charge in [0.25, 0.3) is 0 Å². The van der Waals surface area contributed by atoms with Crippen molar-refractivity contribution in [2.75, 3.05) is 0 Å². The number of rotatable bonds is 3. The fraction of sp³-hybridized carbons (Fsp3) is 0.529. The Hall–Kier alpha value is -1.84. The Morgan fingerprint density at radius 3 is 2.52 bits per heavy atom. The van der Waals surface area contributed by atoms with Crippen LogP contribution in [0.1, 0.15) is 38.8 Å². The number of carbonyl (C=O) groups excluding carboxylic acids is 2. The van der Waals surface area contributed by atoms with E-state index in [9.17, 15) is 9.59 Å². The first kappa shape index (κ1) is 15.5. The zero-order valence-electron chi connectivity index (χ0n) is 13.4. The summed E-state index contributed by atoms with van der Waals surface area (Å²) in [5, 5.41) is 2.83. The molecule has 2 amide bonds. The minimum Gasteiger partial charge on any atom is -0.340 e. The van der Waals surface area contributed by atoms with E-state index < -0.39 is 11.6 Å². The van der Waals surface area contributed by atoms with Crippen LogP contribution in [0.3, 0.4) is 0 Å². The lowest BCUT2D eigenvalue weighted by Crippen LogP contribution is -2.68. The van der Waals surface area contributed by atoms with Crippen LogP contribution in [0, 0.1) is 12.8 Å². The van der Waals surface area contributed by atoms with Crippen molar-refractivity contribution in [1.29, 1.82) is 0 Å². The van der Waals surface area contributed by atoms with E-state index in [0.717, 1.165) is 11.1 Å². The molecule has 4 nitrogen and oxygen atoms in total. The Morgan fingerprint density at radius 2 is 1.95 bits per heavy atom. The van der Waals surface area contributed by atoms with Gasteiger partial charge in [0.15, 0.2) is 0 Å². The molecule has 1 aromatic carbocycles. The van der Waals surface area contributed by atoms with E-state index in [1.165, 1.54) is 0 Å². The summed E-state index contributed by atoms with van der Waals surface area (Å²) in [5.74, 6) is -0.0144. The van der Waals surface area contributed by atoms with Crippen molar-refractivity contribution in [3.05, 3.63) is 35.4 Å². The Balaban J connectivity index is 2.35. The van der Waals surface area contributed by atoms with Gasteiger partial charge in [-0.15, -0.1) is 0 Å². The molecule has 4 heteroatoms. The third kappa shape index (κ3) is 3.09. The molecule has 1 saturated heterocycles. The molecule has 0 aromatic heterocycles. The van der Waals surface area contributed by atoms with Gasteiger partial charge in [0.2, 0.25) is 11.8 Å². The minimum atomic E-state index is -0.841. The fourth-order valence-electron chi connectivity index (χ4n) is 2.90. The molecular formula is C17H24N2O2. The molecule has 1 unspecified atom stereocenters. The van der Waals surface area contributed by atoms with E-state index in [0.29, 0.717) is 6.54 Å². The van der Waals surface area contributed by atoms with Crippen molar-refractivity contribution in [3.8, 4) is 0 Å². The van der Waals surface area contributed by atoms with Gasteiger partial charge in [-0.05, 0) is 32.3 Å². The second kappa shape index (κ2) is 5.51. The van der Waals surface area contributed by atoms with Crippen LogP contribution in [-0.4, -0.2) is 28.3 Å². The lowest BCUT2D eigenvalue weighted by molar-refractivity contribution is -0.156. The van der Waals surface area contributed by atoms with E-state index in [1.54, 1.807) is 18.7 Å². The Bertz CT molecular complexity index is 564.